The molecular formula is C10H18N2O. The van der Waals surface area contributed by atoms with E-state index in [0.717, 1.165) is 12.8 Å². The van der Waals surface area contributed by atoms with Crippen LogP contribution in [0.25, 0.3) is 0 Å². The second-order valence-corrected chi connectivity index (χ2v) is 3.18. The molecule has 1 unspecified atom stereocenters. The van der Waals surface area contributed by atoms with Crippen molar-refractivity contribution < 1.29 is 4.79 Å². The summed E-state index contributed by atoms with van der Waals surface area (Å²) in [6, 6.07) is 0.0221. The van der Waals surface area contributed by atoms with Crippen LogP contribution < -0.4 is 5.32 Å². The van der Waals surface area contributed by atoms with Gasteiger partial charge in [-0.1, -0.05) is 19.3 Å². The van der Waals surface area contributed by atoms with Crippen molar-refractivity contribution in [2.24, 2.45) is 0 Å². The molecule has 0 aromatic rings. The number of amides is 1. The van der Waals surface area contributed by atoms with Gasteiger partial charge >= 0.3 is 0 Å². The summed E-state index contributed by atoms with van der Waals surface area (Å²) in [4.78, 5) is 12.7. The van der Waals surface area contributed by atoms with Crippen molar-refractivity contribution in [3.8, 4) is 12.3 Å². The Morgan fingerprint density at radius 1 is 1.62 bits per heavy atom. The van der Waals surface area contributed by atoms with Gasteiger partial charge in [-0.2, -0.15) is 0 Å². The lowest BCUT2D eigenvalue weighted by Crippen LogP contribution is -2.38. The molecule has 0 aliphatic rings. The van der Waals surface area contributed by atoms with Crippen LogP contribution in [-0.2, 0) is 4.79 Å². The fourth-order valence-corrected chi connectivity index (χ4v) is 0.902. The van der Waals surface area contributed by atoms with Crippen LogP contribution in [-0.4, -0.2) is 37.5 Å². The molecule has 13 heavy (non-hydrogen) atoms. The number of likely N-dealkylation sites (N-methyl/N-ethyl adjacent to an activating group) is 1. The average Bonchev–Trinajstić information content (AvgIpc) is 2.11. The first kappa shape index (κ1) is 12.0. The lowest BCUT2D eigenvalue weighted by molar-refractivity contribution is -0.127. The minimum absolute atomic E-state index is 0.0221. The third kappa shape index (κ3) is 5.26. The van der Waals surface area contributed by atoms with E-state index in [1.165, 1.54) is 0 Å². The molecule has 0 saturated heterocycles. The summed E-state index contributed by atoms with van der Waals surface area (Å²) in [5, 5.41) is 3.02. The van der Waals surface area contributed by atoms with E-state index < -0.39 is 0 Å². The molecule has 1 atom stereocenters. The Morgan fingerprint density at radius 3 is 2.62 bits per heavy atom. The van der Waals surface area contributed by atoms with E-state index in [0.29, 0.717) is 6.54 Å². The highest BCUT2D eigenvalue weighted by Gasteiger charge is 2.07. The summed E-state index contributed by atoms with van der Waals surface area (Å²) in [6.07, 6.45) is 7.22. The summed E-state index contributed by atoms with van der Waals surface area (Å²) in [6.45, 7) is 2.39. The summed E-state index contributed by atoms with van der Waals surface area (Å²) in [5.41, 5.74) is 0. The Labute approximate surface area is 80.5 Å². The van der Waals surface area contributed by atoms with Gasteiger partial charge in [0, 0.05) is 14.1 Å². The van der Waals surface area contributed by atoms with Crippen molar-refractivity contribution in [3.05, 3.63) is 0 Å². The predicted octanol–water partition coefficient (Wildman–Crippen LogP) is 0.466. The molecule has 3 nitrogen and oxygen atoms in total. The maximum absolute atomic E-state index is 11.2. The number of rotatable bonds is 5. The molecule has 0 aliphatic carbocycles. The maximum atomic E-state index is 11.2. The Hall–Kier alpha value is -1.01. The van der Waals surface area contributed by atoms with Crippen LogP contribution in [0.4, 0.5) is 0 Å². The molecule has 0 aromatic heterocycles. The maximum Gasteiger partial charge on any atom is 0.236 e. The fraction of sp³-hybridized carbons (Fsp3) is 0.700. The minimum atomic E-state index is 0.0221. The monoisotopic (exact) mass is 182 g/mol. The molecule has 0 radical (unpaired) electrons. The standard InChI is InChI=1S/C10H18N2O/c1-5-7-9(6-2)11-8-10(13)12(3)4/h2,9,11H,5,7-8H2,1,3-4H3. The quantitative estimate of drug-likeness (QED) is 0.627. The number of carbonyl (C=O) groups excluding carboxylic acids is 1. The van der Waals surface area contributed by atoms with Crippen LogP contribution in [0.5, 0.6) is 0 Å². The van der Waals surface area contributed by atoms with Gasteiger partial charge in [-0.05, 0) is 6.42 Å². The van der Waals surface area contributed by atoms with Crippen molar-refractivity contribution in [1.29, 1.82) is 0 Å². The summed E-state index contributed by atoms with van der Waals surface area (Å²) in [5.74, 6) is 2.67. The highest BCUT2D eigenvalue weighted by Crippen LogP contribution is 1.94. The molecule has 0 rings (SSSR count). The zero-order chi connectivity index (χ0) is 10.3. The van der Waals surface area contributed by atoms with Crippen LogP contribution in [0.2, 0.25) is 0 Å². The Kier molecular flexibility index (Phi) is 5.99. The number of nitrogens with one attached hydrogen (secondary N) is 1. The summed E-state index contributed by atoms with van der Waals surface area (Å²) in [7, 11) is 3.46. The zero-order valence-electron chi connectivity index (χ0n) is 8.63. The third-order valence-corrected chi connectivity index (χ3v) is 1.78. The van der Waals surface area contributed by atoms with Crippen LogP contribution in [0.1, 0.15) is 19.8 Å². The topological polar surface area (TPSA) is 32.3 Å². The predicted molar refractivity (Wildman–Crippen MR) is 54.2 cm³/mol. The van der Waals surface area contributed by atoms with Gasteiger partial charge in [0.05, 0.1) is 12.6 Å². The number of nitrogens with zero attached hydrogens (tertiary/aromatic N) is 1. The molecule has 0 fully saturated rings. The van der Waals surface area contributed by atoms with Gasteiger partial charge in [0.15, 0.2) is 0 Å². The van der Waals surface area contributed by atoms with Gasteiger partial charge in [0.1, 0.15) is 0 Å². The van der Waals surface area contributed by atoms with Gasteiger partial charge in [-0.3, -0.25) is 10.1 Å². The summed E-state index contributed by atoms with van der Waals surface area (Å²) < 4.78 is 0. The van der Waals surface area contributed by atoms with Crippen molar-refractivity contribution >= 4 is 5.91 Å². The molecular weight excluding hydrogens is 164 g/mol. The molecule has 1 amide bonds. The smallest absolute Gasteiger partial charge is 0.236 e. The number of hydrogen-bond acceptors (Lipinski definition) is 2. The van der Waals surface area contributed by atoms with Crippen molar-refractivity contribution in [3.63, 3.8) is 0 Å². The molecule has 0 saturated carbocycles. The van der Waals surface area contributed by atoms with Crippen molar-refractivity contribution in [2.45, 2.75) is 25.8 Å². The molecule has 3 heteroatoms. The molecule has 1 N–H and O–H groups in total. The molecule has 0 spiro atoms. The fourth-order valence-electron chi connectivity index (χ4n) is 0.902. The van der Waals surface area contributed by atoms with Crippen molar-refractivity contribution in [1.82, 2.24) is 10.2 Å². The average molecular weight is 182 g/mol. The molecule has 0 aromatic carbocycles. The van der Waals surface area contributed by atoms with Gasteiger partial charge < -0.3 is 4.90 Å². The van der Waals surface area contributed by atoms with E-state index in [4.69, 9.17) is 6.42 Å². The first-order chi connectivity index (χ1) is 6.11. The first-order valence-corrected chi connectivity index (χ1v) is 4.51. The van der Waals surface area contributed by atoms with Crippen LogP contribution in [0, 0.1) is 12.3 Å². The van der Waals surface area contributed by atoms with Gasteiger partial charge in [0.2, 0.25) is 5.91 Å². The molecule has 74 valence electrons. The van der Waals surface area contributed by atoms with Crippen LogP contribution in [0.15, 0.2) is 0 Å². The van der Waals surface area contributed by atoms with E-state index in [2.05, 4.69) is 18.2 Å². The lowest BCUT2D eigenvalue weighted by Gasteiger charge is -2.14. The van der Waals surface area contributed by atoms with E-state index in [-0.39, 0.29) is 11.9 Å². The molecule has 0 aliphatic heterocycles. The SMILES string of the molecule is C#CC(CCC)NCC(=O)N(C)C. The van der Waals surface area contributed by atoms with E-state index in [1.807, 2.05) is 0 Å². The Balaban J connectivity index is 3.73. The van der Waals surface area contributed by atoms with Gasteiger partial charge in [-0.15, -0.1) is 6.42 Å². The van der Waals surface area contributed by atoms with Crippen LogP contribution >= 0.6 is 0 Å². The first-order valence-electron chi connectivity index (χ1n) is 4.51. The molecule has 0 heterocycles. The third-order valence-electron chi connectivity index (χ3n) is 1.78. The normalized spacial score (nSPS) is 11.8. The number of terminal acetylenes is 1. The summed E-state index contributed by atoms with van der Waals surface area (Å²) >= 11 is 0. The van der Waals surface area contributed by atoms with Crippen LogP contribution in [0.3, 0.4) is 0 Å². The van der Waals surface area contributed by atoms with E-state index in [1.54, 1.807) is 19.0 Å². The lowest BCUT2D eigenvalue weighted by atomic mass is 10.2. The van der Waals surface area contributed by atoms with Gasteiger partial charge in [-0.25, -0.2) is 0 Å². The van der Waals surface area contributed by atoms with Gasteiger partial charge in [0.25, 0.3) is 0 Å². The van der Waals surface area contributed by atoms with E-state index >= 15 is 0 Å². The second kappa shape index (κ2) is 6.50. The highest BCUT2D eigenvalue weighted by atomic mass is 16.2. The number of carbonyl (C=O) groups is 1. The molecule has 0 bridgehead atoms. The zero-order valence-corrected chi connectivity index (χ0v) is 8.63. The highest BCUT2D eigenvalue weighted by molar-refractivity contribution is 5.77. The van der Waals surface area contributed by atoms with E-state index in [9.17, 15) is 4.79 Å². The van der Waals surface area contributed by atoms with Crippen molar-refractivity contribution in [2.75, 3.05) is 20.6 Å². The number of hydrogen-bond donors (Lipinski definition) is 1. The minimum Gasteiger partial charge on any atom is -0.348 e. The Morgan fingerprint density at radius 2 is 2.23 bits per heavy atom. The second-order valence-electron chi connectivity index (χ2n) is 3.18. The Bertz CT molecular complexity index is 194. The largest absolute Gasteiger partial charge is 0.348 e.